The summed E-state index contributed by atoms with van der Waals surface area (Å²) in [7, 11) is 0. The van der Waals surface area contributed by atoms with E-state index in [2.05, 4.69) is 83.1 Å². The highest BCUT2D eigenvalue weighted by Crippen LogP contribution is 2.43. The van der Waals surface area contributed by atoms with Crippen LogP contribution < -0.4 is 9.78 Å². The highest BCUT2D eigenvalue weighted by molar-refractivity contribution is 5.53. The standard InChI is InChI=1S/C28H42O4/c1-25(2,3)19-13-17(14-20(23(19)29)26(4,5)6)31-32-18-15-21(27(7,8)9)24(30)22(16-18)28(10,11)12/h13-16,29-30H,1-12H3. The van der Waals surface area contributed by atoms with E-state index >= 15 is 0 Å². The first-order chi connectivity index (χ1) is 14.2. The zero-order valence-electron chi connectivity index (χ0n) is 22.0. The molecule has 0 bridgehead atoms. The van der Waals surface area contributed by atoms with Crippen LogP contribution in [0.2, 0.25) is 0 Å². The molecule has 0 amide bonds. The van der Waals surface area contributed by atoms with Gasteiger partial charge in [0.15, 0.2) is 11.5 Å². The van der Waals surface area contributed by atoms with E-state index in [4.69, 9.17) is 9.78 Å². The number of aromatic hydroxyl groups is 2. The van der Waals surface area contributed by atoms with Crippen LogP contribution in [0.1, 0.15) is 105 Å². The summed E-state index contributed by atoms with van der Waals surface area (Å²) in [6.07, 6.45) is 0. The Balaban J connectivity index is 2.55. The fraction of sp³-hybridized carbons (Fsp3) is 0.571. The molecular weight excluding hydrogens is 400 g/mol. The summed E-state index contributed by atoms with van der Waals surface area (Å²) in [5.74, 6) is 1.65. The van der Waals surface area contributed by atoms with Crippen LogP contribution in [0.15, 0.2) is 24.3 Å². The van der Waals surface area contributed by atoms with Gasteiger partial charge >= 0.3 is 0 Å². The highest BCUT2D eigenvalue weighted by Gasteiger charge is 2.29. The minimum atomic E-state index is -0.263. The van der Waals surface area contributed by atoms with E-state index in [1.165, 1.54) is 0 Å². The molecule has 0 saturated heterocycles. The van der Waals surface area contributed by atoms with Gasteiger partial charge in [-0.25, -0.2) is 0 Å². The van der Waals surface area contributed by atoms with Crippen molar-refractivity contribution >= 4 is 0 Å². The zero-order chi connectivity index (χ0) is 24.9. The molecular formula is C28H42O4. The lowest BCUT2D eigenvalue weighted by Crippen LogP contribution is -2.19. The predicted molar refractivity (Wildman–Crippen MR) is 132 cm³/mol. The van der Waals surface area contributed by atoms with Crippen molar-refractivity contribution in [3.63, 3.8) is 0 Å². The number of hydrogen-bond acceptors (Lipinski definition) is 4. The largest absolute Gasteiger partial charge is 0.507 e. The van der Waals surface area contributed by atoms with Gasteiger partial charge in [0.1, 0.15) is 11.5 Å². The minimum absolute atomic E-state index is 0.263. The lowest BCUT2D eigenvalue weighted by atomic mass is 9.79. The summed E-state index contributed by atoms with van der Waals surface area (Å²) >= 11 is 0. The molecule has 178 valence electrons. The Morgan fingerprint density at radius 1 is 0.438 bits per heavy atom. The summed E-state index contributed by atoms with van der Waals surface area (Å²) in [5, 5.41) is 21.9. The average molecular weight is 443 g/mol. The van der Waals surface area contributed by atoms with Crippen LogP contribution in [-0.4, -0.2) is 10.2 Å². The fourth-order valence-corrected chi connectivity index (χ4v) is 3.70. The van der Waals surface area contributed by atoms with Gasteiger partial charge in [-0.3, -0.25) is 9.78 Å². The van der Waals surface area contributed by atoms with Crippen LogP contribution in [0.3, 0.4) is 0 Å². The second-order valence-electron chi connectivity index (χ2n) is 12.9. The Hall–Kier alpha value is -2.36. The molecule has 0 aliphatic heterocycles. The first kappa shape index (κ1) is 25.9. The maximum absolute atomic E-state index is 10.9. The number of rotatable bonds is 3. The Morgan fingerprint density at radius 3 is 0.781 bits per heavy atom. The van der Waals surface area contributed by atoms with Crippen molar-refractivity contribution in [3.8, 4) is 23.0 Å². The summed E-state index contributed by atoms with van der Waals surface area (Å²) in [6.45, 7) is 24.7. The molecule has 4 nitrogen and oxygen atoms in total. The van der Waals surface area contributed by atoms with Gasteiger partial charge < -0.3 is 10.2 Å². The van der Waals surface area contributed by atoms with E-state index in [0.29, 0.717) is 23.0 Å². The molecule has 0 atom stereocenters. The Labute approximate surface area is 194 Å². The second-order valence-corrected chi connectivity index (χ2v) is 12.9. The molecule has 2 aromatic carbocycles. The van der Waals surface area contributed by atoms with Gasteiger partial charge in [0.05, 0.1) is 0 Å². The maximum atomic E-state index is 10.9. The quantitative estimate of drug-likeness (QED) is 0.378. The molecule has 0 unspecified atom stereocenters. The maximum Gasteiger partial charge on any atom is 0.179 e. The van der Waals surface area contributed by atoms with Crippen molar-refractivity contribution in [2.24, 2.45) is 0 Å². The Kier molecular flexibility index (Phi) is 6.64. The first-order valence-corrected chi connectivity index (χ1v) is 11.3. The van der Waals surface area contributed by atoms with Gasteiger partial charge in [-0.1, -0.05) is 83.1 Å². The molecule has 2 N–H and O–H groups in total. The van der Waals surface area contributed by atoms with Crippen LogP contribution in [0.25, 0.3) is 0 Å². The number of phenolic OH excluding ortho intramolecular Hbond substituents is 2. The predicted octanol–water partition coefficient (Wildman–Crippen LogP) is 7.66. The zero-order valence-corrected chi connectivity index (χ0v) is 22.0. The summed E-state index contributed by atoms with van der Waals surface area (Å²) in [4.78, 5) is 11.6. The lowest BCUT2D eigenvalue weighted by molar-refractivity contribution is -0.100. The fourth-order valence-electron chi connectivity index (χ4n) is 3.70. The van der Waals surface area contributed by atoms with Gasteiger partial charge in [-0.15, -0.1) is 0 Å². The molecule has 2 aromatic rings. The van der Waals surface area contributed by atoms with Gasteiger partial charge in [0.2, 0.25) is 0 Å². The lowest BCUT2D eigenvalue weighted by Gasteiger charge is -2.28. The van der Waals surface area contributed by atoms with Crippen molar-refractivity contribution in [2.45, 2.75) is 105 Å². The first-order valence-electron chi connectivity index (χ1n) is 11.3. The third-order valence-electron chi connectivity index (χ3n) is 5.63. The highest BCUT2D eigenvalue weighted by atomic mass is 17.2. The van der Waals surface area contributed by atoms with Crippen LogP contribution in [0.5, 0.6) is 23.0 Å². The van der Waals surface area contributed by atoms with Gasteiger partial charge in [-0.2, -0.15) is 0 Å². The van der Waals surface area contributed by atoms with E-state index in [1.54, 1.807) is 0 Å². The van der Waals surface area contributed by atoms with E-state index < -0.39 is 0 Å². The SMILES string of the molecule is CC(C)(C)c1cc(OOc2cc(C(C)(C)C)c(O)c(C(C)(C)C)c2)cc(C(C)(C)C)c1O. The van der Waals surface area contributed by atoms with Crippen LogP contribution >= 0.6 is 0 Å². The topological polar surface area (TPSA) is 58.9 Å². The van der Waals surface area contributed by atoms with E-state index in [9.17, 15) is 10.2 Å². The molecule has 0 aromatic heterocycles. The average Bonchev–Trinajstić information content (AvgIpc) is 2.57. The Bertz CT molecular complexity index is 823. The minimum Gasteiger partial charge on any atom is -0.507 e. The molecule has 4 heteroatoms. The molecule has 0 saturated carbocycles. The smallest absolute Gasteiger partial charge is 0.179 e. The van der Waals surface area contributed by atoms with Crippen molar-refractivity contribution in [2.75, 3.05) is 0 Å². The molecule has 0 heterocycles. The second kappa shape index (κ2) is 8.20. The molecule has 0 fully saturated rings. The van der Waals surface area contributed by atoms with Crippen LogP contribution in [0.4, 0.5) is 0 Å². The monoisotopic (exact) mass is 442 g/mol. The number of benzene rings is 2. The van der Waals surface area contributed by atoms with Gasteiger partial charge in [0, 0.05) is 22.3 Å². The van der Waals surface area contributed by atoms with Gasteiger partial charge in [0.25, 0.3) is 0 Å². The summed E-state index contributed by atoms with van der Waals surface area (Å²) in [5.41, 5.74) is 2.17. The number of hydrogen-bond donors (Lipinski definition) is 2. The summed E-state index contributed by atoms with van der Waals surface area (Å²) < 4.78 is 0. The third kappa shape index (κ3) is 5.70. The van der Waals surface area contributed by atoms with Gasteiger partial charge in [-0.05, 0) is 45.9 Å². The van der Waals surface area contributed by atoms with Crippen molar-refractivity contribution in [1.29, 1.82) is 0 Å². The molecule has 0 radical (unpaired) electrons. The number of phenols is 2. The Morgan fingerprint density at radius 2 is 0.625 bits per heavy atom. The van der Waals surface area contributed by atoms with E-state index in [1.807, 2.05) is 24.3 Å². The van der Waals surface area contributed by atoms with E-state index in [-0.39, 0.29) is 21.7 Å². The molecule has 0 spiro atoms. The van der Waals surface area contributed by atoms with Crippen molar-refractivity contribution in [3.05, 3.63) is 46.5 Å². The van der Waals surface area contributed by atoms with Crippen LogP contribution in [0, 0.1) is 0 Å². The third-order valence-corrected chi connectivity index (χ3v) is 5.63. The molecule has 32 heavy (non-hydrogen) atoms. The van der Waals surface area contributed by atoms with Crippen molar-refractivity contribution < 1.29 is 20.0 Å². The van der Waals surface area contributed by atoms with E-state index in [0.717, 1.165) is 22.3 Å². The van der Waals surface area contributed by atoms with Crippen molar-refractivity contribution in [1.82, 2.24) is 0 Å². The normalized spacial score (nSPS) is 13.2. The molecule has 0 aliphatic carbocycles. The van der Waals surface area contributed by atoms with Crippen LogP contribution in [-0.2, 0) is 21.7 Å². The molecule has 0 aliphatic rings. The molecule has 2 rings (SSSR count). The summed E-state index contributed by atoms with van der Waals surface area (Å²) in [6, 6.07) is 7.33.